The molecule has 0 atom stereocenters. The van der Waals surface area contributed by atoms with Crippen LogP contribution in [0.3, 0.4) is 0 Å². The van der Waals surface area contributed by atoms with Crippen molar-refractivity contribution in [1.82, 2.24) is 0 Å². The molecule has 0 bridgehead atoms. The van der Waals surface area contributed by atoms with Gasteiger partial charge in [0, 0.05) is 21.2 Å². The first kappa shape index (κ1) is 29.2. The zero-order valence-corrected chi connectivity index (χ0v) is 23.7. The van der Waals surface area contributed by atoms with E-state index in [1.807, 2.05) is 24.3 Å². The molecule has 0 saturated carbocycles. The average molecular weight is 508 g/mol. The summed E-state index contributed by atoms with van der Waals surface area (Å²) in [5.41, 5.74) is 2.75. The molecule has 2 aromatic carbocycles. The van der Waals surface area contributed by atoms with Crippen molar-refractivity contribution in [2.24, 2.45) is 0 Å². The van der Waals surface area contributed by atoms with Crippen LogP contribution in [0.15, 0.2) is 48.5 Å². The van der Waals surface area contributed by atoms with Crippen LogP contribution in [0.4, 0.5) is 0 Å². The molecule has 34 heavy (non-hydrogen) atoms. The maximum Gasteiger partial charge on any atom is 0.104 e. The van der Waals surface area contributed by atoms with Crippen molar-refractivity contribution >= 4 is 23.2 Å². The molecule has 0 amide bonds. The summed E-state index contributed by atoms with van der Waals surface area (Å²) >= 11 is 12.0. The van der Waals surface area contributed by atoms with Crippen LogP contribution in [0.25, 0.3) is 0 Å². The molecule has 4 heteroatoms. The maximum atomic E-state index is 6.00. The zero-order valence-electron chi connectivity index (χ0n) is 22.2. The van der Waals surface area contributed by atoms with Gasteiger partial charge < -0.3 is 8.97 Å². The standard InChI is InChI=1S/C30H48Cl2N2/c1-33(2,25-27-15-19-29(31)20-16-27)23-13-11-9-7-5-6-8-10-12-14-24-34(3,4)26-28-17-21-30(32)22-18-28/h15-22H,5-14,23-26H2,1-4H3/q+2. The van der Waals surface area contributed by atoms with E-state index in [-0.39, 0.29) is 0 Å². The number of hydrogen-bond acceptors (Lipinski definition) is 0. The van der Waals surface area contributed by atoms with Crippen LogP contribution in [-0.4, -0.2) is 50.2 Å². The molecule has 0 aliphatic carbocycles. The van der Waals surface area contributed by atoms with E-state index in [9.17, 15) is 0 Å². The summed E-state index contributed by atoms with van der Waals surface area (Å²) in [6.45, 7) is 4.65. The SMILES string of the molecule is C[N+](C)(CCCCCCCCCCCC[N+](C)(C)Cc1ccc(Cl)cc1)Cc1ccc(Cl)cc1. The van der Waals surface area contributed by atoms with Gasteiger partial charge in [0.15, 0.2) is 0 Å². The van der Waals surface area contributed by atoms with Crippen molar-refractivity contribution in [2.75, 3.05) is 41.3 Å². The number of hydrogen-bond donors (Lipinski definition) is 0. The second kappa shape index (κ2) is 15.1. The van der Waals surface area contributed by atoms with Gasteiger partial charge in [-0.3, -0.25) is 0 Å². The fraction of sp³-hybridized carbons (Fsp3) is 0.600. The first-order valence-electron chi connectivity index (χ1n) is 13.3. The van der Waals surface area contributed by atoms with Gasteiger partial charge in [-0.1, -0.05) is 86.0 Å². The van der Waals surface area contributed by atoms with E-state index in [2.05, 4.69) is 52.5 Å². The van der Waals surface area contributed by atoms with Gasteiger partial charge in [-0.05, 0) is 49.9 Å². The fourth-order valence-electron chi connectivity index (χ4n) is 4.82. The van der Waals surface area contributed by atoms with Gasteiger partial charge in [-0.25, -0.2) is 0 Å². The summed E-state index contributed by atoms with van der Waals surface area (Å²) < 4.78 is 2.10. The van der Waals surface area contributed by atoms with Crippen LogP contribution < -0.4 is 0 Å². The summed E-state index contributed by atoms with van der Waals surface area (Å²) in [7, 11) is 9.36. The predicted octanol–water partition coefficient (Wildman–Crippen LogP) is 8.75. The first-order valence-corrected chi connectivity index (χ1v) is 14.0. The summed E-state index contributed by atoms with van der Waals surface area (Å²) in [5.74, 6) is 0. The Morgan fingerprint density at radius 1 is 0.441 bits per heavy atom. The number of unbranched alkanes of at least 4 members (excludes halogenated alkanes) is 9. The lowest BCUT2D eigenvalue weighted by atomic mass is 10.1. The highest BCUT2D eigenvalue weighted by Gasteiger charge is 2.16. The molecule has 2 nitrogen and oxygen atoms in total. The molecule has 190 valence electrons. The van der Waals surface area contributed by atoms with E-state index in [0.29, 0.717) is 0 Å². The fourth-order valence-corrected chi connectivity index (χ4v) is 5.07. The Bertz CT molecular complexity index is 728. The number of rotatable bonds is 17. The Kier molecular flexibility index (Phi) is 13.0. The van der Waals surface area contributed by atoms with Crippen LogP contribution >= 0.6 is 23.2 Å². The monoisotopic (exact) mass is 506 g/mol. The largest absolute Gasteiger partial charge is 0.325 e. The van der Waals surface area contributed by atoms with Gasteiger partial charge in [-0.2, -0.15) is 0 Å². The molecular weight excluding hydrogens is 459 g/mol. The molecule has 2 rings (SSSR count). The normalized spacial score (nSPS) is 12.3. The molecule has 0 aliphatic heterocycles. The second-order valence-corrected chi connectivity index (χ2v) is 12.3. The van der Waals surface area contributed by atoms with Gasteiger partial charge in [0.05, 0.1) is 41.3 Å². The lowest BCUT2D eigenvalue weighted by Gasteiger charge is -2.30. The van der Waals surface area contributed by atoms with Crippen molar-refractivity contribution in [3.63, 3.8) is 0 Å². The summed E-state index contributed by atoms with van der Waals surface area (Å²) in [6, 6.07) is 16.6. The zero-order chi connectivity index (χ0) is 24.9. The molecule has 0 spiro atoms. The molecule has 0 radical (unpaired) electrons. The molecular formula is C30H48Cl2N2+2. The lowest BCUT2D eigenvalue weighted by Crippen LogP contribution is -2.39. The van der Waals surface area contributed by atoms with Crippen LogP contribution in [0.2, 0.25) is 10.0 Å². The van der Waals surface area contributed by atoms with E-state index >= 15 is 0 Å². The Morgan fingerprint density at radius 3 is 1.00 bits per heavy atom. The number of quaternary nitrogens is 2. The third kappa shape index (κ3) is 13.1. The van der Waals surface area contributed by atoms with E-state index < -0.39 is 0 Å². The van der Waals surface area contributed by atoms with Crippen molar-refractivity contribution in [1.29, 1.82) is 0 Å². The Morgan fingerprint density at radius 2 is 0.706 bits per heavy atom. The van der Waals surface area contributed by atoms with Crippen molar-refractivity contribution in [2.45, 2.75) is 77.3 Å². The Balaban J connectivity index is 1.42. The number of halogens is 2. The van der Waals surface area contributed by atoms with Crippen molar-refractivity contribution in [3.05, 3.63) is 69.7 Å². The van der Waals surface area contributed by atoms with Crippen LogP contribution in [0.5, 0.6) is 0 Å². The van der Waals surface area contributed by atoms with Crippen LogP contribution in [0, 0.1) is 0 Å². The van der Waals surface area contributed by atoms with E-state index in [4.69, 9.17) is 23.2 Å². The molecule has 0 aromatic heterocycles. The smallest absolute Gasteiger partial charge is 0.104 e. The van der Waals surface area contributed by atoms with E-state index in [1.54, 1.807) is 0 Å². The number of nitrogens with zero attached hydrogens (tertiary/aromatic N) is 2. The number of benzene rings is 2. The first-order chi connectivity index (χ1) is 16.2. The van der Waals surface area contributed by atoms with E-state index in [0.717, 1.165) is 32.1 Å². The quantitative estimate of drug-likeness (QED) is 0.148. The van der Waals surface area contributed by atoms with Crippen molar-refractivity contribution in [3.8, 4) is 0 Å². The highest BCUT2D eigenvalue weighted by molar-refractivity contribution is 6.30. The molecule has 0 N–H and O–H groups in total. The second-order valence-electron chi connectivity index (χ2n) is 11.4. The molecule has 0 fully saturated rings. The highest BCUT2D eigenvalue weighted by atomic mass is 35.5. The topological polar surface area (TPSA) is 0 Å². The van der Waals surface area contributed by atoms with E-state index in [1.165, 1.54) is 88.4 Å². The lowest BCUT2D eigenvalue weighted by molar-refractivity contribution is -0.903. The average Bonchev–Trinajstić information content (AvgIpc) is 2.77. The maximum absolute atomic E-state index is 6.00. The molecule has 0 unspecified atom stereocenters. The predicted molar refractivity (Wildman–Crippen MR) is 150 cm³/mol. The summed E-state index contributed by atoms with van der Waals surface area (Å²) in [4.78, 5) is 0. The Labute approximate surface area is 220 Å². The summed E-state index contributed by atoms with van der Waals surface area (Å²) in [6.07, 6.45) is 13.8. The van der Waals surface area contributed by atoms with Crippen molar-refractivity contribution < 1.29 is 8.97 Å². The minimum atomic E-state index is 0.822. The Hall–Kier alpha value is -1.06. The molecule has 0 heterocycles. The van der Waals surface area contributed by atoms with Gasteiger partial charge in [0.1, 0.15) is 13.1 Å². The van der Waals surface area contributed by atoms with Gasteiger partial charge in [0.25, 0.3) is 0 Å². The minimum Gasteiger partial charge on any atom is -0.325 e. The molecule has 0 saturated heterocycles. The van der Waals surface area contributed by atoms with Gasteiger partial charge in [-0.15, -0.1) is 0 Å². The van der Waals surface area contributed by atoms with Gasteiger partial charge in [0.2, 0.25) is 0 Å². The third-order valence-corrected chi connectivity index (χ3v) is 7.33. The van der Waals surface area contributed by atoms with Crippen LogP contribution in [-0.2, 0) is 13.1 Å². The molecule has 0 aliphatic rings. The van der Waals surface area contributed by atoms with Crippen LogP contribution in [0.1, 0.15) is 75.3 Å². The highest BCUT2D eigenvalue weighted by Crippen LogP contribution is 2.17. The summed E-state index contributed by atoms with van der Waals surface area (Å²) in [5, 5.41) is 1.64. The third-order valence-electron chi connectivity index (χ3n) is 6.82. The molecule has 2 aromatic rings. The van der Waals surface area contributed by atoms with Gasteiger partial charge >= 0.3 is 0 Å². The minimum absolute atomic E-state index is 0.822.